The van der Waals surface area contributed by atoms with Crippen LogP contribution in [0.5, 0.6) is 0 Å². The molecule has 0 unspecified atom stereocenters. The fourth-order valence-corrected chi connectivity index (χ4v) is 1.79. The van der Waals surface area contributed by atoms with Crippen molar-refractivity contribution in [1.29, 1.82) is 0 Å². The molecule has 1 aliphatic rings. The molecule has 0 radical (unpaired) electrons. The summed E-state index contributed by atoms with van der Waals surface area (Å²) in [6.45, 7) is 4.25. The highest BCUT2D eigenvalue weighted by Crippen LogP contribution is 2.13. The topological polar surface area (TPSA) is 32.3 Å². The molecule has 0 aromatic carbocycles. The highest BCUT2D eigenvalue weighted by atomic mass is 16.3. The summed E-state index contributed by atoms with van der Waals surface area (Å²) in [4.78, 5) is 0. The molecule has 76 valence electrons. The molecular formula is C11H21NO. The summed E-state index contributed by atoms with van der Waals surface area (Å²) in [5, 5.41) is 13.2. The fraction of sp³-hybridized carbons (Fsp3) is 0.818. The number of nitrogens with one attached hydrogen (secondary N) is 1. The molecule has 2 atom stereocenters. The van der Waals surface area contributed by atoms with Crippen LogP contribution in [0.1, 0.15) is 39.5 Å². The van der Waals surface area contributed by atoms with E-state index < -0.39 is 0 Å². The van der Waals surface area contributed by atoms with E-state index in [1.807, 2.05) is 0 Å². The van der Waals surface area contributed by atoms with Crippen LogP contribution in [0.25, 0.3) is 0 Å². The van der Waals surface area contributed by atoms with Gasteiger partial charge in [-0.15, -0.1) is 0 Å². The van der Waals surface area contributed by atoms with Gasteiger partial charge in [0.2, 0.25) is 0 Å². The Hall–Kier alpha value is -0.340. The van der Waals surface area contributed by atoms with Crippen LogP contribution in [-0.4, -0.2) is 23.3 Å². The van der Waals surface area contributed by atoms with Crippen molar-refractivity contribution >= 4 is 0 Å². The molecule has 1 aliphatic carbocycles. The molecule has 0 saturated heterocycles. The van der Waals surface area contributed by atoms with Crippen molar-refractivity contribution < 1.29 is 5.11 Å². The van der Waals surface area contributed by atoms with Gasteiger partial charge >= 0.3 is 0 Å². The lowest BCUT2D eigenvalue weighted by atomic mass is 9.97. The van der Waals surface area contributed by atoms with Gasteiger partial charge in [0, 0.05) is 12.1 Å². The lowest BCUT2D eigenvalue weighted by molar-refractivity contribution is 0.109. The number of allylic oxidation sites excluding steroid dienone is 2. The van der Waals surface area contributed by atoms with E-state index in [-0.39, 0.29) is 12.1 Å². The highest BCUT2D eigenvalue weighted by Gasteiger charge is 2.19. The summed E-state index contributed by atoms with van der Waals surface area (Å²) in [6, 6.07) is 0.744. The van der Waals surface area contributed by atoms with Crippen molar-refractivity contribution in [2.45, 2.75) is 57.7 Å². The van der Waals surface area contributed by atoms with Gasteiger partial charge in [0.1, 0.15) is 0 Å². The van der Waals surface area contributed by atoms with Crippen molar-refractivity contribution in [2.24, 2.45) is 0 Å². The zero-order chi connectivity index (χ0) is 9.68. The zero-order valence-corrected chi connectivity index (χ0v) is 8.66. The third-order valence-electron chi connectivity index (χ3n) is 2.45. The van der Waals surface area contributed by atoms with Crippen LogP contribution in [0.4, 0.5) is 0 Å². The Balaban J connectivity index is 2.44. The van der Waals surface area contributed by atoms with Crippen molar-refractivity contribution in [2.75, 3.05) is 0 Å². The second-order valence-corrected chi connectivity index (χ2v) is 4.12. The Labute approximate surface area is 81.0 Å². The van der Waals surface area contributed by atoms with Crippen LogP contribution in [0, 0.1) is 0 Å². The standard InChI is InChI=1S/C11H21NO/c1-9(2)12-10-7-5-3-4-6-8-11(10)13/h3-4,9-13H,5-8H2,1-2H3/t10-,11+/m1/s1. The van der Waals surface area contributed by atoms with E-state index in [9.17, 15) is 5.11 Å². The van der Waals surface area contributed by atoms with Gasteiger partial charge in [-0.1, -0.05) is 26.0 Å². The van der Waals surface area contributed by atoms with Crippen LogP contribution in [-0.2, 0) is 0 Å². The normalized spacial score (nSPS) is 30.2. The third kappa shape index (κ3) is 3.92. The largest absolute Gasteiger partial charge is 0.391 e. The molecular weight excluding hydrogens is 162 g/mol. The Morgan fingerprint density at radius 1 is 1.23 bits per heavy atom. The second kappa shape index (κ2) is 5.40. The molecule has 0 bridgehead atoms. The molecule has 0 saturated carbocycles. The summed E-state index contributed by atoms with van der Waals surface area (Å²) in [5.74, 6) is 0. The quantitative estimate of drug-likeness (QED) is 0.640. The fourth-order valence-electron chi connectivity index (χ4n) is 1.79. The van der Waals surface area contributed by atoms with Gasteiger partial charge < -0.3 is 10.4 Å². The molecule has 0 amide bonds. The maximum atomic E-state index is 9.83. The van der Waals surface area contributed by atoms with Gasteiger partial charge in [-0.2, -0.15) is 0 Å². The Bertz CT molecular complexity index is 165. The molecule has 2 nitrogen and oxygen atoms in total. The maximum Gasteiger partial charge on any atom is 0.0696 e. The predicted octanol–water partition coefficient (Wildman–Crippen LogP) is 1.84. The van der Waals surface area contributed by atoms with Crippen LogP contribution in [0.15, 0.2) is 12.2 Å². The van der Waals surface area contributed by atoms with Gasteiger partial charge in [-0.25, -0.2) is 0 Å². The zero-order valence-electron chi connectivity index (χ0n) is 8.66. The first-order chi connectivity index (χ1) is 6.20. The molecule has 2 N–H and O–H groups in total. The molecule has 1 rings (SSSR count). The smallest absolute Gasteiger partial charge is 0.0696 e. The summed E-state index contributed by atoms with van der Waals surface area (Å²) >= 11 is 0. The summed E-state index contributed by atoms with van der Waals surface area (Å²) in [6.07, 6.45) is 8.26. The van der Waals surface area contributed by atoms with E-state index in [2.05, 4.69) is 31.3 Å². The predicted molar refractivity (Wildman–Crippen MR) is 55.7 cm³/mol. The van der Waals surface area contributed by atoms with Crippen molar-refractivity contribution in [3.63, 3.8) is 0 Å². The molecule has 0 spiro atoms. The molecule has 0 fully saturated rings. The van der Waals surface area contributed by atoms with Gasteiger partial charge in [-0.05, 0) is 25.7 Å². The molecule has 2 heteroatoms. The Morgan fingerprint density at radius 3 is 2.46 bits per heavy atom. The van der Waals surface area contributed by atoms with Gasteiger partial charge in [0.05, 0.1) is 6.10 Å². The number of rotatable bonds is 2. The molecule has 13 heavy (non-hydrogen) atoms. The highest BCUT2D eigenvalue weighted by molar-refractivity contribution is 4.90. The van der Waals surface area contributed by atoms with E-state index >= 15 is 0 Å². The van der Waals surface area contributed by atoms with Crippen LogP contribution < -0.4 is 5.32 Å². The van der Waals surface area contributed by atoms with Gasteiger partial charge in [-0.3, -0.25) is 0 Å². The van der Waals surface area contributed by atoms with E-state index in [4.69, 9.17) is 0 Å². The number of hydrogen-bond acceptors (Lipinski definition) is 2. The van der Waals surface area contributed by atoms with Crippen molar-refractivity contribution in [3.05, 3.63) is 12.2 Å². The van der Waals surface area contributed by atoms with E-state index in [1.165, 1.54) is 0 Å². The summed E-state index contributed by atoms with van der Waals surface area (Å²) in [5.41, 5.74) is 0. The minimum atomic E-state index is -0.174. The molecule has 0 aromatic heterocycles. The number of aliphatic hydroxyl groups is 1. The minimum absolute atomic E-state index is 0.174. The van der Waals surface area contributed by atoms with Crippen LogP contribution in [0.3, 0.4) is 0 Å². The first kappa shape index (κ1) is 10.7. The van der Waals surface area contributed by atoms with E-state index in [0.717, 1.165) is 25.7 Å². The van der Waals surface area contributed by atoms with Crippen molar-refractivity contribution in [1.82, 2.24) is 5.32 Å². The Morgan fingerprint density at radius 2 is 1.85 bits per heavy atom. The molecule has 0 heterocycles. The first-order valence-corrected chi connectivity index (χ1v) is 5.29. The number of hydrogen-bond donors (Lipinski definition) is 2. The monoisotopic (exact) mass is 183 g/mol. The Kier molecular flexibility index (Phi) is 4.46. The first-order valence-electron chi connectivity index (χ1n) is 5.29. The average molecular weight is 183 g/mol. The second-order valence-electron chi connectivity index (χ2n) is 4.12. The van der Waals surface area contributed by atoms with Crippen LogP contribution >= 0.6 is 0 Å². The third-order valence-corrected chi connectivity index (χ3v) is 2.45. The van der Waals surface area contributed by atoms with Crippen molar-refractivity contribution in [3.8, 4) is 0 Å². The van der Waals surface area contributed by atoms with Gasteiger partial charge in [0.15, 0.2) is 0 Å². The maximum absolute atomic E-state index is 9.83. The molecule has 0 aliphatic heterocycles. The van der Waals surface area contributed by atoms with Gasteiger partial charge in [0.25, 0.3) is 0 Å². The molecule has 0 aromatic rings. The SMILES string of the molecule is CC(C)N[C@@H]1CCC=CCC[C@@H]1O. The number of aliphatic hydroxyl groups excluding tert-OH is 1. The average Bonchev–Trinajstić information content (AvgIpc) is 2.04. The van der Waals surface area contributed by atoms with Crippen LogP contribution in [0.2, 0.25) is 0 Å². The lowest BCUT2D eigenvalue weighted by Crippen LogP contribution is -2.43. The summed E-state index contributed by atoms with van der Waals surface area (Å²) < 4.78 is 0. The lowest BCUT2D eigenvalue weighted by Gasteiger charge is -2.26. The minimum Gasteiger partial charge on any atom is -0.391 e. The van der Waals surface area contributed by atoms with E-state index in [0.29, 0.717) is 6.04 Å². The summed E-state index contributed by atoms with van der Waals surface area (Å²) in [7, 11) is 0. The van der Waals surface area contributed by atoms with E-state index in [1.54, 1.807) is 0 Å².